The molecular weight excluding hydrogens is 302 g/mol. The molecule has 9 heteroatoms. The monoisotopic (exact) mass is 319 g/mol. The van der Waals surface area contributed by atoms with Gasteiger partial charge in [0.15, 0.2) is 0 Å². The fraction of sp³-hybridized carbons (Fsp3) is 0.636. The lowest BCUT2D eigenvalue weighted by Gasteiger charge is -2.29. The minimum Gasteiger partial charge on any atom is -0.481 e. The Bertz CT molecular complexity index is 584. The van der Waals surface area contributed by atoms with Crippen LogP contribution in [0.2, 0.25) is 0 Å². The zero-order chi connectivity index (χ0) is 14.8. The number of carboxylic acid groups (broad SMARTS) is 1. The Labute approximate surface area is 121 Å². The lowest BCUT2D eigenvalue weighted by atomic mass is 10.0. The van der Waals surface area contributed by atoms with Gasteiger partial charge in [-0.05, 0) is 19.8 Å². The van der Waals surface area contributed by atoms with E-state index in [1.54, 1.807) is 0 Å². The Morgan fingerprint density at radius 1 is 1.65 bits per heavy atom. The number of thiazole rings is 1. The highest BCUT2D eigenvalue weighted by molar-refractivity contribution is 7.87. The third-order valence-corrected chi connectivity index (χ3v) is 5.63. The SMILES string of the molecule is Cc1csc(CNS(=O)(=O)N2CCC[C@@H](C(=O)O)C2)n1. The molecule has 2 rings (SSSR count). The van der Waals surface area contributed by atoms with Crippen molar-refractivity contribution >= 4 is 27.5 Å². The Kier molecular flexibility index (Phi) is 4.74. The number of rotatable bonds is 5. The van der Waals surface area contributed by atoms with Gasteiger partial charge in [0.2, 0.25) is 0 Å². The highest BCUT2D eigenvalue weighted by Gasteiger charge is 2.32. The van der Waals surface area contributed by atoms with Gasteiger partial charge < -0.3 is 5.11 Å². The van der Waals surface area contributed by atoms with Crippen LogP contribution in [-0.2, 0) is 21.5 Å². The van der Waals surface area contributed by atoms with Crippen LogP contribution >= 0.6 is 11.3 Å². The molecule has 7 nitrogen and oxygen atoms in total. The van der Waals surface area contributed by atoms with Crippen LogP contribution in [-0.4, -0.2) is 41.9 Å². The molecule has 0 unspecified atom stereocenters. The van der Waals surface area contributed by atoms with Crippen molar-refractivity contribution in [2.45, 2.75) is 26.3 Å². The third kappa shape index (κ3) is 3.75. The van der Waals surface area contributed by atoms with E-state index in [1.807, 2.05) is 12.3 Å². The van der Waals surface area contributed by atoms with Crippen molar-refractivity contribution in [3.8, 4) is 0 Å². The van der Waals surface area contributed by atoms with Crippen LogP contribution in [0.1, 0.15) is 23.5 Å². The maximum absolute atomic E-state index is 12.1. The normalized spacial score (nSPS) is 20.9. The van der Waals surface area contributed by atoms with Crippen molar-refractivity contribution in [3.05, 3.63) is 16.1 Å². The fourth-order valence-corrected chi connectivity index (χ4v) is 4.14. The van der Waals surface area contributed by atoms with Gasteiger partial charge in [0.25, 0.3) is 10.2 Å². The minimum absolute atomic E-state index is 0.0293. The predicted molar refractivity (Wildman–Crippen MR) is 74.5 cm³/mol. The van der Waals surface area contributed by atoms with Gasteiger partial charge in [-0.25, -0.2) is 4.98 Å². The highest BCUT2D eigenvalue weighted by Crippen LogP contribution is 2.19. The number of nitrogens with zero attached hydrogens (tertiary/aromatic N) is 2. The summed E-state index contributed by atoms with van der Waals surface area (Å²) in [5.74, 6) is -1.57. The number of carbonyl (C=O) groups is 1. The van der Waals surface area contributed by atoms with Crippen LogP contribution in [0.15, 0.2) is 5.38 Å². The lowest BCUT2D eigenvalue weighted by molar-refractivity contribution is -0.142. The van der Waals surface area contributed by atoms with Crippen LogP contribution in [0, 0.1) is 12.8 Å². The van der Waals surface area contributed by atoms with Crippen molar-refractivity contribution in [1.29, 1.82) is 0 Å². The molecule has 20 heavy (non-hydrogen) atoms. The Hall–Kier alpha value is -1.03. The van der Waals surface area contributed by atoms with E-state index in [4.69, 9.17) is 5.11 Å². The molecule has 1 aliphatic rings. The van der Waals surface area contributed by atoms with Crippen molar-refractivity contribution in [1.82, 2.24) is 14.0 Å². The number of nitrogens with one attached hydrogen (secondary N) is 1. The number of aromatic nitrogens is 1. The maximum atomic E-state index is 12.1. The van der Waals surface area contributed by atoms with Gasteiger partial charge >= 0.3 is 5.97 Å². The van der Waals surface area contributed by atoms with Gasteiger partial charge in [0.05, 0.1) is 12.5 Å². The average molecular weight is 319 g/mol. The molecule has 1 saturated heterocycles. The summed E-state index contributed by atoms with van der Waals surface area (Å²) in [6.45, 7) is 2.36. The van der Waals surface area contributed by atoms with Crippen LogP contribution < -0.4 is 4.72 Å². The minimum atomic E-state index is -3.65. The molecule has 0 radical (unpaired) electrons. The molecule has 1 aromatic heterocycles. The first-order valence-electron chi connectivity index (χ1n) is 6.27. The van der Waals surface area contributed by atoms with E-state index < -0.39 is 22.1 Å². The smallest absolute Gasteiger partial charge is 0.307 e. The topological polar surface area (TPSA) is 99.6 Å². The molecule has 1 aliphatic heterocycles. The number of carboxylic acids is 1. The summed E-state index contributed by atoms with van der Waals surface area (Å²) in [7, 11) is -3.65. The second kappa shape index (κ2) is 6.17. The van der Waals surface area contributed by atoms with Crippen LogP contribution in [0.4, 0.5) is 0 Å². The maximum Gasteiger partial charge on any atom is 0.307 e. The molecular formula is C11H17N3O4S2. The number of hydrogen-bond acceptors (Lipinski definition) is 5. The van der Waals surface area contributed by atoms with Crippen molar-refractivity contribution in [3.63, 3.8) is 0 Å². The van der Waals surface area contributed by atoms with E-state index in [0.717, 1.165) is 5.69 Å². The highest BCUT2D eigenvalue weighted by atomic mass is 32.2. The average Bonchev–Trinajstić information content (AvgIpc) is 2.82. The second-order valence-corrected chi connectivity index (χ2v) is 7.44. The van der Waals surface area contributed by atoms with E-state index in [-0.39, 0.29) is 13.1 Å². The van der Waals surface area contributed by atoms with E-state index in [0.29, 0.717) is 24.4 Å². The molecule has 0 bridgehead atoms. The zero-order valence-electron chi connectivity index (χ0n) is 11.1. The standard InChI is InChI=1S/C11H17N3O4S2/c1-8-7-19-10(13-8)5-12-20(17,18)14-4-2-3-9(6-14)11(15)16/h7,9,12H,2-6H2,1H3,(H,15,16)/t9-/m1/s1. The van der Waals surface area contributed by atoms with E-state index in [9.17, 15) is 13.2 Å². The first kappa shape index (κ1) is 15.4. The summed E-state index contributed by atoms with van der Waals surface area (Å²) in [4.78, 5) is 15.1. The summed E-state index contributed by atoms with van der Waals surface area (Å²) >= 11 is 1.39. The van der Waals surface area contributed by atoms with Gasteiger partial charge in [0, 0.05) is 24.2 Å². The molecule has 2 N–H and O–H groups in total. The van der Waals surface area contributed by atoms with E-state index in [1.165, 1.54) is 15.6 Å². The summed E-state index contributed by atoms with van der Waals surface area (Å²) in [5.41, 5.74) is 0.855. The Morgan fingerprint density at radius 2 is 2.40 bits per heavy atom. The number of piperidine rings is 1. The quantitative estimate of drug-likeness (QED) is 0.827. The molecule has 0 aliphatic carbocycles. The summed E-state index contributed by atoms with van der Waals surface area (Å²) in [6, 6.07) is 0. The summed E-state index contributed by atoms with van der Waals surface area (Å²) in [6.07, 6.45) is 1.08. The van der Waals surface area contributed by atoms with Crippen LogP contribution in [0.25, 0.3) is 0 Å². The van der Waals surface area contributed by atoms with Crippen LogP contribution in [0.5, 0.6) is 0 Å². The van der Waals surface area contributed by atoms with Crippen molar-refractivity contribution in [2.24, 2.45) is 5.92 Å². The first-order valence-corrected chi connectivity index (χ1v) is 8.59. The van der Waals surface area contributed by atoms with Gasteiger partial charge in [-0.3, -0.25) is 4.79 Å². The van der Waals surface area contributed by atoms with Gasteiger partial charge in [-0.15, -0.1) is 11.3 Å². The summed E-state index contributed by atoms with van der Waals surface area (Å²) < 4.78 is 27.9. The molecule has 0 saturated carbocycles. The van der Waals surface area contributed by atoms with Crippen LogP contribution in [0.3, 0.4) is 0 Å². The molecule has 0 spiro atoms. The largest absolute Gasteiger partial charge is 0.481 e. The molecule has 0 aromatic carbocycles. The lowest BCUT2D eigenvalue weighted by Crippen LogP contribution is -2.47. The van der Waals surface area contributed by atoms with E-state index in [2.05, 4.69) is 9.71 Å². The van der Waals surface area contributed by atoms with Crippen molar-refractivity contribution in [2.75, 3.05) is 13.1 Å². The zero-order valence-corrected chi connectivity index (χ0v) is 12.7. The molecule has 2 heterocycles. The number of aryl methyl sites for hydroxylation is 1. The van der Waals surface area contributed by atoms with Gasteiger partial charge in [-0.1, -0.05) is 0 Å². The Balaban J connectivity index is 1.97. The molecule has 1 aromatic rings. The van der Waals surface area contributed by atoms with Crippen molar-refractivity contribution < 1.29 is 18.3 Å². The molecule has 0 amide bonds. The van der Waals surface area contributed by atoms with E-state index >= 15 is 0 Å². The predicted octanol–water partition coefficient (Wildman–Crippen LogP) is 0.583. The van der Waals surface area contributed by atoms with Gasteiger partial charge in [0.1, 0.15) is 5.01 Å². The fourth-order valence-electron chi connectivity index (χ4n) is 2.09. The number of hydrogen-bond donors (Lipinski definition) is 2. The third-order valence-electron chi connectivity index (χ3n) is 3.15. The first-order chi connectivity index (χ1) is 9.38. The summed E-state index contributed by atoms with van der Waals surface area (Å²) in [5, 5.41) is 11.5. The molecule has 1 fully saturated rings. The number of aliphatic carboxylic acids is 1. The van der Waals surface area contributed by atoms with Gasteiger partial charge in [-0.2, -0.15) is 17.4 Å². The Morgan fingerprint density at radius 3 is 3.00 bits per heavy atom. The second-order valence-electron chi connectivity index (χ2n) is 4.74. The molecule has 1 atom stereocenters. The molecule has 112 valence electrons.